The van der Waals surface area contributed by atoms with Gasteiger partial charge in [-0.1, -0.05) is 11.6 Å². The summed E-state index contributed by atoms with van der Waals surface area (Å²) in [5, 5.41) is 6.51. The molecule has 1 saturated heterocycles. The lowest BCUT2D eigenvalue weighted by atomic mass is 10.2. The van der Waals surface area contributed by atoms with E-state index in [9.17, 15) is 0 Å². The lowest BCUT2D eigenvalue weighted by molar-refractivity contribution is 0.290. The molecule has 1 fully saturated rings. The molecule has 8 nitrogen and oxygen atoms in total. The van der Waals surface area contributed by atoms with E-state index in [1.165, 1.54) is 11.3 Å². The maximum absolute atomic E-state index is 6.38. The van der Waals surface area contributed by atoms with Crippen LogP contribution in [0.1, 0.15) is 12.8 Å². The number of hydrogen-bond acceptors (Lipinski definition) is 8. The molecule has 1 atom stereocenters. The highest BCUT2D eigenvalue weighted by molar-refractivity contribution is 7.18. The second-order valence-electron chi connectivity index (χ2n) is 8.35. The van der Waals surface area contributed by atoms with Gasteiger partial charge in [0.1, 0.15) is 29.4 Å². The van der Waals surface area contributed by atoms with Crippen molar-refractivity contribution in [2.75, 3.05) is 32.3 Å². The van der Waals surface area contributed by atoms with Crippen molar-refractivity contribution < 1.29 is 18.6 Å². The minimum Gasteiger partial charge on any atom is -0.496 e. The molecular weight excluding hydrogens is 488 g/mol. The number of aromatic nitrogens is 3. The van der Waals surface area contributed by atoms with Gasteiger partial charge in [0.05, 0.1) is 31.8 Å². The fraction of sp³-hybridized carbons (Fsp3) is 0.280. The molecule has 6 rings (SSSR count). The fourth-order valence-corrected chi connectivity index (χ4v) is 5.32. The predicted octanol–water partition coefficient (Wildman–Crippen LogP) is 5.92. The first-order valence-electron chi connectivity index (χ1n) is 11.3. The van der Waals surface area contributed by atoms with Crippen LogP contribution < -0.4 is 19.1 Å². The van der Waals surface area contributed by atoms with Crippen LogP contribution in [0.15, 0.2) is 53.1 Å². The summed E-state index contributed by atoms with van der Waals surface area (Å²) in [4.78, 5) is 7.75. The van der Waals surface area contributed by atoms with Crippen LogP contribution in [0.5, 0.6) is 16.7 Å². The van der Waals surface area contributed by atoms with E-state index in [0.29, 0.717) is 34.6 Å². The Morgan fingerprint density at radius 1 is 1.14 bits per heavy atom. The summed E-state index contributed by atoms with van der Waals surface area (Å²) in [6.07, 6.45) is 4.01. The van der Waals surface area contributed by atoms with E-state index in [2.05, 4.69) is 27.1 Å². The van der Waals surface area contributed by atoms with E-state index >= 15 is 0 Å². The maximum atomic E-state index is 6.38. The van der Waals surface area contributed by atoms with Crippen LogP contribution in [-0.4, -0.2) is 48.0 Å². The smallest absolute Gasteiger partial charge is 0.294 e. The Morgan fingerprint density at radius 2 is 2.00 bits per heavy atom. The number of ether oxygens (including phenoxy) is 3. The van der Waals surface area contributed by atoms with E-state index in [-0.39, 0.29) is 6.04 Å². The van der Waals surface area contributed by atoms with Gasteiger partial charge in [-0.2, -0.15) is 0 Å². The molecule has 0 bridgehead atoms. The van der Waals surface area contributed by atoms with Gasteiger partial charge in [0, 0.05) is 29.4 Å². The predicted molar refractivity (Wildman–Crippen MR) is 136 cm³/mol. The van der Waals surface area contributed by atoms with Gasteiger partial charge in [0.25, 0.3) is 5.19 Å². The lowest BCUT2D eigenvalue weighted by Gasteiger charge is -2.27. The van der Waals surface area contributed by atoms with Gasteiger partial charge < -0.3 is 23.5 Å². The van der Waals surface area contributed by atoms with Gasteiger partial charge in [-0.3, -0.25) is 0 Å². The van der Waals surface area contributed by atoms with Crippen molar-refractivity contribution in [2.45, 2.75) is 18.9 Å². The molecule has 180 valence electrons. The highest BCUT2D eigenvalue weighted by Gasteiger charge is 2.26. The van der Waals surface area contributed by atoms with Crippen molar-refractivity contribution in [3.05, 3.63) is 53.7 Å². The molecule has 5 aromatic rings. The summed E-state index contributed by atoms with van der Waals surface area (Å²) in [6, 6.07) is 14.0. The van der Waals surface area contributed by atoms with Crippen molar-refractivity contribution >= 4 is 44.6 Å². The Bertz CT molecular complexity index is 1460. The number of imidazole rings is 1. The van der Waals surface area contributed by atoms with Gasteiger partial charge in [0.15, 0.2) is 5.76 Å². The number of halogens is 1. The molecule has 3 aromatic heterocycles. The van der Waals surface area contributed by atoms with Gasteiger partial charge >= 0.3 is 0 Å². The second-order valence-corrected chi connectivity index (χ2v) is 9.71. The summed E-state index contributed by atoms with van der Waals surface area (Å²) in [5.74, 6) is 2.03. The van der Waals surface area contributed by atoms with Crippen LogP contribution in [0.4, 0.5) is 5.69 Å². The van der Waals surface area contributed by atoms with E-state index in [1.807, 2.05) is 36.5 Å². The van der Waals surface area contributed by atoms with Gasteiger partial charge in [0.2, 0.25) is 4.96 Å². The maximum Gasteiger partial charge on any atom is 0.294 e. The van der Waals surface area contributed by atoms with E-state index in [4.69, 9.17) is 30.2 Å². The number of rotatable bonds is 7. The first-order chi connectivity index (χ1) is 17.1. The van der Waals surface area contributed by atoms with Gasteiger partial charge in [-0.05, 0) is 54.5 Å². The second kappa shape index (κ2) is 8.98. The number of hydrogen-bond donors (Lipinski definition) is 0. The monoisotopic (exact) mass is 510 g/mol. The number of nitrogens with zero attached hydrogens (tertiary/aromatic N) is 4. The highest BCUT2D eigenvalue weighted by atomic mass is 35.5. The molecule has 1 aliphatic heterocycles. The molecule has 2 aromatic carbocycles. The summed E-state index contributed by atoms with van der Waals surface area (Å²) < 4.78 is 24.9. The van der Waals surface area contributed by atoms with E-state index in [1.54, 1.807) is 18.7 Å². The van der Waals surface area contributed by atoms with Crippen molar-refractivity contribution in [2.24, 2.45) is 0 Å². The number of benzene rings is 2. The summed E-state index contributed by atoms with van der Waals surface area (Å²) in [7, 11) is 3.23. The first kappa shape index (κ1) is 22.1. The molecule has 0 saturated carbocycles. The molecule has 0 amide bonds. The Labute approximate surface area is 210 Å². The first-order valence-corrected chi connectivity index (χ1v) is 12.5. The SMILES string of the molecule is COc1cc(OC[C@H]2CCCN2c2ccc(Cl)cc2)c2cc(-c3cn4nc(OC)sc4n3)oc2c1. The molecule has 0 spiro atoms. The zero-order chi connectivity index (χ0) is 23.9. The molecule has 4 heterocycles. The van der Waals surface area contributed by atoms with Crippen molar-refractivity contribution in [3.63, 3.8) is 0 Å². The third kappa shape index (κ3) is 4.15. The Kier molecular flexibility index (Phi) is 5.66. The standard InChI is InChI=1S/C25H23ClN4O4S/c1-31-18-10-21(33-14-17-4-3-9-29(17)16-7-5-15(26)6-8-16)19-12-23(34-22(19)11-18)20-13-30-24(27-20)35-25(28-30)32-2/h5-8,10-13,17H,3-4,9,14H2,1-2H3/t17-/m1/s1. The Balaban J connectivity index is 1.28. The lowest BCUT2D eigenvalue weighted by Crippen LogP contribution is -2.34. The minimum atomic E-state index is 0.268. The molecule has 35 heavy (non-hydrogen) atoms. The van der Waals surface area contributed by atoms with Gasteiger partial charge in [-0.25, -0.2) is 9.50 Å². The van der Waals surface area contributed by atoms with Crippen LogP contribution in [0, 0.1) is 0 Å². The number of fused-ring (bicyclic) bond motifs is 2. The third-order valence-corrected chi connectivity index (χ3v) is 7.36. The third-order valence-electron chi connectivity index (χ3n) is 6.23. The molecule has 1 aliphatic rings. The molecule has 0 aliphatic carbocycles. The molecule has 10 heteroatoms. The molecule has 0 radical (unpaired) electrons. The minimum absolute atomic E-state index is 0.268. The van der Waals surface area contributed by atoms with Crippen LogP contribution in [0.25, 0.3) is 27.4 Å². The van der Waals surface area contributed by atoms with E-state index < -0.39 is 0 Å². The van der Waals surface area contributed by atoms with Crippen molar-refractivity contribution in [3.8, 4) is 28.1 Å². The van der Waals surface area contributed by atoms with Crippen molar-refractivity contribution in [1.82, 2.24) is 14.6 Å². The number of furan rings is 1. The molecular formula is C25H23ClN4O4S. The topological polar surface area (TPSA) is 74.3 Å². The van der Waals surface area contributed by atoms with Crippen LogP contribution in [0.2, 0.25) is 5.02 Å². The Hall–Kier alpha value is -3.43. The zero-order valence-corrected chi connectivity index (χ0v) is 20.8. The van der Waals surface area contributed by atoms with Crippen molar-refractivity contribution in [1.29, 1.82) is 0 Å². The van der Waals surface area contributed by atoms with Gasteiger partial charge in [-0.15, -0.1) is 5.10 Å². The normalized spacial score (nSPS) is 15.9. The summed E-state index contributed by atoms with van der Waals surface area (Å²) in [6.45, 7) is 1.55. The number of methoxy groups -OCH3 is 2. The quantitative estimate of drug-likeness (QED) is 0.269. The average Bonchev–Trinajstić information content (AvgIpc) is 3.64. The number of anilines is 1. The van der Waals surface area contributed by atoms with Crippen LogP contribution in [0.3, 0.4) is 0 Å². The molecule has 0 unspecified atom stereocenters. The zero-order valence-electron chi connectivity index (χ0n) is 19.2. The fourth-order valence-electron chi connectivity index (χ4n) is 4.50. The van der Waals surface area contributed by atoms with Crippen LogP contribution in [-0.2, 0) is 0 Å². The summed E-state index contributed by atoms with van der Waals surface area (Å²) in [5.41, 5.74) is 2.53. The highest BCUT2D eigenvalue weighted by Crippen LogP contribution is 2.38. The molecule has 0 N–H and O–H groups in total. The Morgan fingerprint density at radius 3 is 2.77 bits per heavy atom. The summed E-state index contributed by atoms with van der Waals surface area (Å²) >= 11 is 7.45. The largest absolute Gasteiger partial charge is 0.496 e. The van der Waals surface area contributed by atoms with Crippen LogP contribution >= 0.6 is 22.9 Å². The van der Waals surface area contributed by atoms with E-state index in [0.717, 1.165) is 46.2 Å². The average molecular weight is 511 g/mol.